The van der Waals surface area contributed by atoms with Crippen molar-refractivity contribution in [1.29, 1.82) is 0 Å². The first kappa shape index (κ1) is 24.0. The van der Waals surface area contributed by atoms with Gasteiger partial charge in [-0.15, -0.1) is 0 Å². The zero-order chi connectivity index (χ0) is 23.6. The second kappa shape index (κ2) is 10.0. The standard InChI is InChI=1S/C23H27N3O4S3/c1-16-6-9-18(10-7-16)33(28,29)26-12-4-5-19(26)22(27)24-23-25(13-14-31-3)20-15-17(30-2)8-11-21(20)32-23/h6-11,15,19H,4-5,12-14H2,1-3H3. The van der Waals surface area contributed by atoms with E-state index in [4.69, 9.17) is 4.74 Å². The number of hydrogen-bond acceptors (Lipinski definition) is 6. The Morgan fingerprint density at radius 3 is 2.70 bits per heavy atom. The first-order chi connectivity index (χ1) is 15.8. The van der Waals surface area contributed by atoms with E-state index in [0.29, 0.717) is 30.7 Å². The van der Waals surface area contributed by atoms with Gasteiger partial charge in [-0.25, -0.2) is 8.42 Å². The average Bonchev–Trinajstić information content (AvgIpc) is 3.43. The number of aryl methyl sites for hydroxylation is 2. The van der Waals surface area contributed by atoms with E-state index in [2.05, 4.69) is 4.99 Å². The van der Waals surface area contributed by atoms with E-state index in [1.807, 2.05) is 35.9 Å². The van der Waals surface area contributed by atoms with Crippen LogP contribution in [0.2, 0.25) is 0 Å². The highest BCUT2D eigenvalue weighted by atomic mass is 32.2. The molecule has 10 heteroatoms. The quantitative estimate of drug-likeness (QED) is 0.490. The number of nitrogens with zero attached hydrogens (tertiary/aromatic N) is 3. The minimum Gasteiger partial charge on any atom is -0.497 e. The summed E-state index contributed by atoms with van der Waals surface area (Å²) in [4.78, 5) is 18.5. The lowest BCUT2D eigenvalue weighted by atomic mass is 10.2. The van der Waals surface area contributed by atoms with Crippen LogP contribution in [0.15, 0.2) is 52.4 Å². The van der Waals surface area contributed by atoms with E-state index >= 15 is 0 Å². The summed E-state index contributed by atoms with van der Waals surface area (Å²) in [6, 6.07) is 11.7. The van der Waals surface area contributed by atoms with Crippen LogP contribution >= 0.6 is 23.1 Å². The molecule has 176 valence electrons. The Hall–Kier alpha value is -2.14. The largest absolute Gasteiger partial charge is 0.497 e. The number of fused-ring (bicyclic) bond motifs is 1. The molecule has 7 nitrogen and oxygen atoms in total. The molecule has 1 aliphatic heterocycles. The topological polar surface area (TPSA) is 81.0 Å². The second-order valence-electron chi connectivity index (χ2n) is 7.90. The number of thiazole rings is 1. The summed E-state index contributed by atoms with van der Waals surface area (Å²) >= 11 is 3.14. The summed E-state index contributed by atoms with van der Waals surface area (Å²) in [5.41, 5.74) is 1.93. The van der Waals surface area contributed by atoms with Crippen LogP contribution in [0, 0.1) is 6.92 Å². The maximum absolute atomic E-state index is 13.3. The number of amides is 1. The Morgan fingerprint density at radius 1 is 1.24 bits per heavy atom. The molecule has 1 saturated heterocycles. The molecule has 0 aliphatic carbocycles. The summed E-state index contributed by atoms with van der Waals surface area (Å²) in [5, 5.41) is 0. The van der Waals surface area contributed by atoms with Crippen LogP contribution in [0.25, 0.3) is 10.2 Å². The van der Waals surface area contributed by atoms with Crippen LogP contribution in [-0.2, 0) is 21.4 Å². The van der Waals surface area contributed by atoms with Gasteiger partial charge < -0.3 is 9.30 Å². The third-order valence-electron chi connectivity index (χ3n) is 5.73. The first-order valence-corrected chi connectivity index (χ1v) is 14.3. The van der Waals surface area contributed by atoms with Crippen molar-refractivity contribution in [3.05, 3.63) is 52.8 Å². The van der Waals surface area contributed by atoms with Gasteiger partial charge in [-0.2, -0.15) is 21.1 Å². The molecule has 0 saturated carbocycles. The van der Waals surface area contributed by atoms with Crippen LogP contribution in [0.1, 0.15) is 18.4 Å². The summed E-state index contributed by atoms with van der Waals surface area (Å²) in [6.45, 7) is 2.92. The Bertz CT molecular complexity index is 1330. The third-order valence-corrected chi connectivity index (χ3v) is 9.30. The molecule has 1 amide bonds. The number of benzene rings is 2. The van der Waals surface area contributed by atoms with Crippen LogP contribution in [0.3, 0.4) is 0 Å². The summed E-state index contributed by atoms with van der Waals surface area (Å²) < 4.78 is 36.2. The molecular formula is C23H27N3O4S3. The summed E-state index contributed by atoms with van der Waals surface area (Å²) in [6.07, 6.45) is 3.13. The van der Waals surface area contributed by atoms with Gasteiger partial charge in [0.25, 0.3) is 5.91 Å². The van der Waals surface area contributed by atoms with Gasteiger partial charge in [-0.05, 0) is 50.3 Å². The molecule has 1 unspecified atom stereocenters. The highest BCUT2D eigenvalue weighted by Gasteiger charge is 2.39. The number of aromatic nitrogens is 1. The molecule has 0 spiro atoms. The van der Waals surface area contributed by atoms with Gasteiger partial charge in [-0.3, -0.25) is 4.79 Å². The zero-order valence-electron chi connectivity index (χ0n) is 18.9. The lowest BCUT2D eigenvalue weighted by Crippen LogP contribution is -2.40. The molecule has 0 N–H and O–H groups in total. The van der Waals surface area contributed by atoms with Gasteiger partial charge >= 0.3 is 0 Å². The van der Waals surface area contributed by atoms with E-state index in [9.17, 15) is 13.2 Å². The summed E-state index contributed by atoms with van der Waals surface area (Å²) in [5.74, 6) is 1.18. The number of ether oxygens (including phenoxy) is 1. The molecular weight excluding hydrogens is 478 g/mol. The molecule has 0 radical (unpaired) electrons. The van der Waals surface area contributed by atoms with Gasteiger partial charge in [0.15, 0.2) is 4.80 Å². The van der Waals surface area contributed by atoms with E-state index in [0.717, 1.165) is 27.3 Å². The van der Waals surface area contributed by atoms with Crippen molar-refractivity contribution in [3.8, 4) is 5.75 Å². The Labute approximate surface area is 202 Å². The van der Waals surface area contributed by atoms with Gasteiger partial charge in [0.2, 0.25) is 10.0 Å². The van der Waals surface area contributed by atoms with Crippen molar-refractivity contribution >= 4 is 49.2 Å². The predicted molar refractivity (Wildman–Crippen MR) is 133 cm³/mol. The third kappa shape index (κ3) is 4.89. The van der Waals surface area contributed by atoms with Crippen molar-refractivity contribution < 1.29 is 17.9 Å². The van der Waals surface area contributed by atoms with Crippen LogP contribution in [0.4, 0.5) is 0 Å². The molecule has 0 bridgehead atoms. The normalized spacial score (nSPS) is 17.7. The molecule has 1 aliphatic rings. The minimum atomic E-state index is -3.77. The van der Waals surface area contributed by atoms with Crippen LogP contribution in [-0.4, -0.2) is 54.9 Å². The molecule has 2 heterocycles. The van der Waals surface area contributed by atoms with E-state index < -0.39 is 22.0 Å². The number of methoxy groups -OCH3 is 1. The highest BCUT2D eigenvalue weighted by molar-refractivity contribution is 7.98. The van der Waals surface area contributed by atoms with E-state index in [1.165, 1.54) is 15.6 Å². The van der Waals surface area contributed by atoms with E-state index in [-0.39, 0.29) is 4.90 Å². The van der Waals surface area contributed by atoms with Gasteiger partial charge in [0, 0.05) is 24.9 Å². The number of thioether (sulfide) groups is 1. The van der Waals surface area contributed by atoms with E-state index in [1.54, 1.807) is 43.1 Å². The van der Waals surface area contributed by atoms with Gasteiger partial charge in [0.1, 0.15) is 11.8 Å². The van der Waals surface area contributed by atoms with Crippen molar-refractivity contribution in [2.45, 2.75) is 37.2 Å². The number of sulfonamides is 1. The van der Waals surface area contributed by atoms with Gasteiger partial charge in [0.05, 0.1) is 22.2 Å². The molecule has 2 aromatic carbocycles. The molecule has 4 rings (SSSR count). The lowest BCUT2D eigenvalue weighted by Gasteiger charge is -2.21. The number of carbonyl (C=O) groups is 1. The number of rotatable bonds is 7. The number of hydrogen-bond donors (Lipinski definition) is 0. The second-order valence-corrected chi connectivity index (χ2v) is 11.8. The zero-order valence-corrected chi connectivity index (χ0v) is 21.3. The fraction of sp³-hybridized carbons (Fsp3) is 0.391. The highest BCUT2D eigenvalue weighted by Crippen LogP contribution is 2.28. The van der Waals surface area contributed by atoms with Crippen molar-refractivity contribution in [2.24, 2.45) is 4.99 Å². The molecule has 33 heavy (non-hydrogen) atoms. The Balaban J connectivity index is 1.71. The van der Waals surface area contributed by atoms with Gasteiger partial charge in [-0.1, -0.05) is 29.0 Å². The Morgan fingerprint density at radius 2 is 2.00 bits per heavy atom. The molecule has 1 aromatic heterocycles. The maximum atomic E-state index is 13.3. The van der Waals surface area contributed by atoms with Crippen LogP contribution < -0.4 is 9.54 Å². The molecule has 1 atom stereocenters. The van der Waals surface area contributed by atoms with Crippen molar-refractivity contribution in [1.82, 2.24) is 8.87 Å². The van der Waals surface area contributed by atoms with Crippen LogP contribution in [0.5, 0.6) is 5.75 Å². The summed E-state index contributed by atoms with van der Waals surface area (Å²) in [7, 11) is -2.15. The minimum absolute atomic E-state index is 0.205. The van der Waals surface area contributed by atoms with Crippen molar-refractivity contribution in [2.75, 3.05) is 25.7 Å². The average molecular weight is 506 g/mol. The first-order valence-electron chi connectivity index (χ1n) is 10.7. The number of carbonyl (C=O) groups excluding carboxylic acids is 1. The Kier molecular flexibility index (Phi) is 7.28. The fourth-order valence-corrected chi connectivity index (χ4v) is 7.01. The monoisotopic (exact) mass is 505 g/mol. The predicted octanol–water partition coefficient (Wildman–Crippen LogP) is 3.66. The lowest BCUT2D eigenvalue weighted by molar-refractivity contribution is -0.121. The SMILES string of the molecule is COc1ccc2sc(=NC(=O)C3CCCN3S(=O)(=O)c3ccc(C)cc3)n(CCSC)c2c1. The molecule has 3 aromatic rings. The van der Waals surface area contributed by atoms with Crippen molar-refractivity contribution in [3.63, 3.8) is 0 Å². The maximum Gasteiger partial charge on any atom is 0.266 e. The smallest absolute Gasteiger partial charge is 0.266 e. The fourth-order valence-electron chi connectivity index (χ4n) is 3.95. The molecule has 1 fully saturated rings.